The van der Waals surface area contributed by atoms with Gasteiger partial charge in [-0.2, -0.15) is 5.26 Å². The second kappa shape index (κ2) is 10.1. The Kier molecular flexibility index (Phi) is 7.00. The van der Waals surface area contributed by atoms with Gasteiger partial charge < -0.3 is 10.6 Å². The summed E-state index contributed by atoms with van der Waals surface area (Å²) in [5, 5.41) is 29.1. The molecule has 12 heteroatoms. The first-order valence-corrected chi connectivity index (χ1v) is 9.42. The van der Waals surface area contributed by atoms with Crippen LogP contribution in [0.4, 0.5) is 4.39 Å². The Balaban J connectivity index is 1.47. The van der Waals surface area contributed by atoms with Gasteiger partial charge >= 0.3 is 0 Å². The highest BCUT2D eigenvalue weighted by Gasteiger charge is 2.15. The van der Waals surface area contributed by atoms with E-state index in [2.05, 4.69) is 31.3 Å². The highest BCUT2D eigenvalue weighted by molar-refractivity contribution is 5.92. The van der Waals surface area contributed by atoms with Gasteiger partial charge in [0.25, 0.3) is 11.8 Å². The van der Waals surface area contributed by atoms with E-state index in [4.69, 9.17) is 5.26 Å². The number of carbonyl (C=O) groups is 2. The van der Waals surface area contributed by atoms with Crippen molar-refractivity contribution in [3.8, 4) is 6.07 Å². The monoisotopic (exact) mass is 425 g/mol. The first kappa shape index (κ1) is 21.6. The van der Waals surface area contributed by atoms with E-state index in [1.165, 1.54) is 28.8 Å². The van der Waals surface area contributed by atoms with Gasteiger partial charge in [-0.25, -0.2) is 9.07 Å². The molecule has 2 N–H and O–H groups in total. The Bertz CT molecular complexity index is 1100. The van der Waals surface area contributed by atoms with Crippen LogP contribution in [0.2, 0.25) is 0 Å². The molecule has 31 heavy (non-hydrogen) atoms. The molecule has 0 saturated carbocycles. The number of carbonyl (C=O) groups excluding carboxylic acids is 2. The predicted molar refractivity (Wildman–Crippen MR) is 105 cm³/mol. The lowest BCUT2D eigenvalue weighted by molar-refractivity contribution is 0.0942. The SMILES string of the molecule is CNC(=O)c1cn(CCC(F)Cn2cc(C(=O)NCc3cccc(C#N)c3)nn2)nn1. The van der Waals surface area contributed by atoms with Crippen LogP contribution in [0.25, 0.3) is 0 Å². The van der Waals surface area contributed by atoms with E-state index < -0.39 is 12.1 Å². The molecule has 3 rings (SSSR count). The van der Waals surface area contributed by atoms with Crippen molar-refractivity contribution in [3.05, 3.63) is 59.2 Å². The topological polar surface area (TPSA) is 143 Å². The average Bonchev–Trinajstić information content (AvgIpc) is 3.45. The molecule has 0 aliphatic heterocycles. The lowest BCUT2D eigenvalue weighted by Gasteiger charge is -2.07. The van der Waals surface area contributed by atoms with Gasteiger partial charge in [-0.3, -0.25) is 14.3 Å². The third-order valence-electron chi connectivity index (χ3n) is 4.34. The molecule has 160 valence electrons. The van der Waals surface area contributed by atoms with E-state index in [0.29, 0.717) is 5.56 Å². The fraction of sp³-hybridized carbons (Fsp3) is 0.316. The Morgan fingerprint density at radius 1 is 1.16 bits per heavy atom. The summed E-state index contributed by atoms with van der Waals surface area (Å²) in [5.74, 6) is -0.817. The fourth-order valence-electron chi connectivity index (χ4n) is 2.72. The zero-order valence-electron chi connectivity index (χ0n) is 16.7. The number of nitrogens with zero attached hydrogens (tertiary/aromatic N) is 7. The number of hydrogen-bond acceptors (Lipinski definition) is 7. The maximum absolute atomic E-state index is 14.3. The Labute approximate surface area is 176 Å². The summed E-state index contributed by atoms with van der Waals surface area (Å²) < 4.78 is 16.9. The van der Waals surface area contributed by atoms with Crippen LogP contribution in [0, 0.1) is 11.3 Å². The molecule has 0 fully saturated rings. The van der Waals surface area contributed by atoms with E-state index in [9.17, 15) is 14.0 Å². The van der Waals surface area contributed by atoms with Crippen molar-refractivity contribution in [1.82, 2.24) is 40.6 Å². The minimum absolute atomic E-state index is 0.0649. The smallest absolute Gasteiger partial charge is 0.273 e. The minimum Gasteiger partial charge on any atom is -0.354 e. The highest BCUT2D eigenvalue weighted by Crippen LogP contribution is 2.07. The highest BCUT2D eigenvalue weighted by atomic mass is 19.1. The van der Waals surface area contributed by atoms with Crippen molar-refractivity contribution < 1.29 is 14.0 Å². The zero-order valence-corrected chi connectivity index (χ0v) is 16.7. The van der Waals surface area contributed by atoms with Gasteiger partial charge in [-0.05, 0) is 17.7 Å². The Hall–Kier alpha value is -4.14. The molecule has 1 atom stereocenters. The summed E-state index contributed by atoms with van der Waals surface area (Å²) in [6.45, 7) is 0.374. The van der Waals surface area contributed by atoms with Gasteiger partial charge in [0.1, 0.15) is 6.17 Å². The normalized spacial score (nSPS) is 11.5. The first-order valence-electron chi connectivity index (χ1n) is 9.42. The summed E-state index contributed by atoms with van der Waals surface area (Å²) in [6.07, 6.45) is 1.66. The van der Waals surface area contributed by atoms with Crippen LogP contribution in [0.3, 0.4) is 0 Å². The van der Waals surface area contributed by atoms with Gasteiger partial charge in [0.2, 0.25) is 0 Å². The van der Waals surface area contributed by atoms with Gasteiger partial charge in [0.15, 0.2) is 11.4 Å². The maximum atomic E-state index is 14.3. The molecule has 11 nitrogen and oxygen atoms in total. The second-order valence-electron chi connectivity index (χ2n) is 6.65. The van der Waals surface area contributed by atoms with Crippen molar-refractivity contribution >= 4 is 11.8 Å². The van der Waals surface area contributed by atoms with Gasteiger partial charge in [0, 0.05) is 26.6 Å². The van der Waals surface area contributed by atoms with Crippen LogP contribution >= 0.6 is 0 Å². The van der Waals surface area contributed by atoms with Crippen molar-refractivity contribution in [3.63, 3.8) is 0 Å². The average molecular weight is 425 g/mol. The molecule has 0 aliphatic carbocycles. The van der Waals surface area contributed by atoms with Gasteiger partial charge in [-0.1, -0.05) is 22.6 Å². The van der Waals surface area contributed by atoms with Gasteiger partial charge in [0.05, 0.1) is 30.6 Å². The van der Waals surface area contributed by atoms with E-state index in [1.54, 1.807) is 24.3 Å². The van der Waals surface area contributed by atoms with Crippen LogP contribution in [0.15, 0.2) is 36.7 Å². The molecule has 0 saturated heterocycles. The number of benzene rings is 1. The Morgan fingerprint density at radius 2 is 1.87 bits per heavy atom. The van der Waals surface area contributed by atoms with Crippen molar-refractivity contribution in [2.75, 3.05) is 7.05 Å². The summed E-state index contributed by atoms with van der Waals surface area (Å²) in [5.41, 5.74) is 1.50. The number of aromatic nitrogens is 6. The molecular weight excluding hydrogens is 405 g/mol. The fourth-order valence-corrected chi connectivity index (χ4v) is 2.72. The lowest BCUT2D eigenvalue weighted by Crippen LogP contribution is -2.23. The van der Waals surface area contributed by atoms with Crippen LogP contribution < -0.4 is 10.6 Å². The van der Waals surface area contributed by atoms with E-state index in [-0.39, 0.29) is 43.4 Å². The third-order valence-corrected chi connectivity index (χ3v) is 4.34. The number of nitrogens with one attached hydrogen (secondary N) is 2. The molecule has 1 unspecified atom stereocenters. The lowest BCUT2D eigenvalue weighted by atomic mass is 10.1. The van der Waals surface area contributed by atoms with Gasteiger partial charge in [-0.15, -0.1) is 10.2 Å². The molecule has 1 aromatic carbocycles. The van der Waals surface area contributed by atoms with E-state index in [1.807, 2.05) is 6.07 Å². The van der Waals surface area contributed by atoms with E-state index in [0.717, 1.165) is 5.56 Å². The maximum Gasteiger partial charge on any atom is 0.273 e. The number of alkyl halides is 1. The molecule has 2 aromatic heterocycles. The zero-order chi connectivity index (χ0) is 22.2. The summed E-state index contributed by atoms with van der Waals surface area (Å²) >= 11 is 0. The number of rotatable bonds is 9. The molecule has 2 amide bonds. The molecule has 0 radical (unpaired) electrons. The second-order valence-corrected chi connectivity index (χ2v) is 6.65. The minimum atomic E-state index is -1.26. The molecule has 0 bridgehead atoms. The molecule has 0 spiro atoms. The van der Waals surface area contributed by atoms with Crippen LogP contribution in [0.1, 0.15) is 38.5 Å². The van der Waals surface area contributed by atoms with Crippen molar-refractivity contribution in [2.45, 2.75) is 32.2 Å². The molecule has 2 heterocycles. The largest absolute Gasteiger partial charge is 0.354 e. The van der Waals surface area contributed by atoms with Crippen molar-refractivity contribution in [1.29, 1.82) is 5.26 Å². The third kappa shape index (κ3) is 5.92. The molecule has 0 aliphatic rings. The predicted octanol–water partition coefficient (Wildman–Crippen LogP) is 0.459. The standard InChI is InChI=1S/C19H20FN9O2/c1-22-18(30)16-11-28(26-24-16)6-5-15(20)10-29-12-17(25-27-29)19(31)23-9-14-4-2-3-13(7-14)8-21/h2-4,7,11-12,15H,5-6,9-10H2,1H3,(H,22,30)(H,23,31). The number of nitriles is 1. The Morgan fingerprint density at radius 3 is 2.61 bits per heavy atom. The number of aryl methyl sites for hydroxylation is 1. The van der Waals surface area contributed by atoms with Crippen LogP contribution in [0.5, 0.6) is 0 Å². The van der Waals surface area contributed by atoms with E-state index >= 15 is 0 Å². The summed E-state index contributed by atoms with van der Waals surface area (Å²) in [4.78, 5) is 23.7. The number of amides is 2. The molecule has 3 aromatic rings. The quantitative estimate of drug-likeness (QED) is 0.507. The summed E-state index contributed by atoms with van der Waals surface area (Å²) in [6, 6.07) is 8.91. The summed E-state index contributed by atoms with van der Waals surface area (Å²) in [7, 11) is 1.48. The first-order chi connectivity index (χ1) is 15.0. The van der Waals surface area contributed by atoms with Crippen LogP contribution in [-0.2, 0) is 19.6 Å². The van der Waals surface area contributed by atoms with Crippen molar-refractivity contribution in [2.24, 2.45) is 0 Å². The number of hydrogen-bond donors (Lipinski definition) is 2. The number of halogens is 1. The van der Waals surface area contributed by atoms with Crippen LogP contribution in [-0.4, -0.2) is 55.0 Å². The molecular formula is C19H20FN9O2.